The highest BCUT2D eigenvalue weighted by molar-refractivity contribution is 5.95. The number of methoxy groups -OCH3 is 1. The Morgan fingerprint density at radius 2 is 1.95 bits per heavy atom. The average molecular weight is 265 g/mol. The third-order valence-corrected chi connectivity index (χ3v) is 3.08. The fraction of sp³-hybridized carbons (Fsp3) is 0.533. The molecule has 1 unspecified atom stereocenters. The van der Waals surface area contributed by atoms with Crippen LogP contribution in [0.4, 0.5) is 0 Å². The lowest BCUT2D eigenvalue weighted by atomic mass is 10.1. The summed E-state index contributed by atoms with van der Waals surface area (Å²) in [4.78, 5) is 12.1. The smallest absolute Gasteiger partial charge is 0.251 e. The molecule has 0 saturated carbocycles. The molecule has 0 spiro atoms. The van der Waals surface area contributed by atoms with Gasteiger partial charge in [0.25, 0.3) is 5.91 Å². The van der Waals surface area contributed by atoms with Crippen LogP contribution in [-0.2, 0) is 0 Å². The minimum Gasteiger partial charge on any atom is -0.493 e. The van der Waals surface area contributed by atoms with E-state index < -0.39 is 0 Å². The van der Waals surface area contributed by atoms with Gasteiger partial charge in [0.15, 0.2) is 11.5 Å². The summed E-state index contributed by atoms with van der Waals surface area (Å²) in [5.41, 5.74) is 0.580. The van der Waals surface area contributed by atoms with Crippen molar-refractivity contribution in [2.24, 2.45) is 5.92 Å². The molecule has 0 aromatic heterocycles. The zero-order chi connectivity index (χ0) is 14.4. The van der Waals surface area contributed by atoms with Crippen LogP contribution in [0.2, 0.25) is 0 Å². The highest BCUT2D eigenvalue weighted by Crippen LogP contribution is 2.28. The molecule has 0 aliphatic heterocycles. The van der Waals surface area contributed by atoms with Crippen LogP contribution in [0.15, 0.2) is 18.2 Å². The number of nitrogens with one attached hydrogen (secondary N) is 1. The second-order valence-corrected chi connectivity index (χ2v) is 4.80. The highest BCUT2D eigenvalue weighted by Gasteiger charge is 2.14. The first kappa shape index (κ1) is 15.3. The molecule has 0 aliphatic rings. The Hall–Kier alpha value is -1.71. The van der Waals surface area contributed by atoms with Crippen molar-refractivity contribution in [1.82, 2.24) is 5.32 Å². The zero-order valence-electron chi connectivity index (χ0n) is 12.3. The van der Waals surface area contributed by atoms with E-state index in [0.717, 1.165) is 0 Å². The standard InChI is InChI=1S/C15H23NO3/c1-6-19-14-9-12(7-8-13(14)18-5)15(17)16-11(4)10(2)3/h7-11H,6H2,1-5H3,(H,16,17). The van der Waals surface area contributed by atoms with Crippen LogP contribution in [0.1, 0.15) is 38.1 Å². The molecular formula is C15H23NO3. The molecule has 0 fully saturated rings. The van der Waals surface area contributed by atoms with Crippen molar-refractivity contribution in [1.29, 1.82) is 0 Å². The van der Waals surface area contributed by atoms with Crippen LogP contribution in [0.25, 0.3) is 0 Å². The summed E-state index contributed by atoms with van der Waals surface area (Å²) in [5.74, 6) is 1.53. The fourth-order valence-electron chi connectivity index (χ4n) is 1.54. The van der Waals surface area contributed by atoms with Crippen LogP contribution in [0.5, 0.6) is 11.5 Å². The first-order valence-corrected chi connectivity index (χ1v) is 6.61. The first-order chi connectivity index (χ1) is 8.99. The summed E-state index contributed by atoms with van der Waals surface area (Å²) in [6, 6.07) is 5.33. The summed E-state index contributed by atoms with van der Waals surface area (Å²) in [6.45, 7) is 8.57. The van der Waals surface area contributed by atoms with Gasteiger partial charge >= 0.3 is 0 Å². The van der Waals surface area contributed by atoms with E-state index >= 15 is 0 Å². The maximum Gasteiger partial charge on any atom is 0.251 e. The van der Waals surface area contributed by atoms with Crippen LogP contribution in [0.3, 0.4) is 0 Å². The molecule has 106 valence electrons. The van der Waals surface area contributed by atoms with Crippen molar-refractivity contribution in [3.8, 4) is 11.5 Å². The summed E-state index contributed by atoms with van der Waals surface area (Å²) in [6.07, 6.45) is 0. The lowest BCUT2D eigenvalue weighted by Gasteiger charge is -2.18. The largest absolute Gasteiger partial charge is 0.493 e. The number of ether oxygens (including phenoxy) is 2. The number of hydrogen-bond acceptors (Lipinski definition) is 3. The van der Waals surface area contributed by atoms with Crippen molar-refractivity contribution in [2.45, 2.75) is 33.7 Å². The van der Waals surface area contributed by atoms with Gasteiger partial charge in [0.2, 0.25) is 0 Å². The summed E-state index contributed by atoms with van der Waals surface area (Å²) in [7, 11) is 1.58. The van der Waals surface area contributed by atoms with Gasteiger partial charge in [-0.15, -0.1) is 0 Å². The molecule has 1 aromatic rings. The van der Waals surface area contributed by atoms with Crippen LogP contribution in [0, 0.1) is 5.92 Å². The van der Waals surface area contributed by atoms with Crippen LogP contribution < -0.4 is 14.8 Å². The maximum absolute atomic E-state index is 12.1. The Morgan fingerprint density at radius 1 is 1.26 bits per heavy atom. The summed E-state index contributed by atoms with van der Waals surface area (Å²) >= 11 is 0. The Kier molecular flexibility index (Phi) is 5.67. The maximum atomic E-state index is 12.1. The third-order valence-electron chi connectivity index (χ3n) is 3.08. The number of amides is 1. The van der Waals surface area contributed by atoms with Crippen LogP contribution >= 0.6 is 0 Å². The number of rotatable bonds is 6. The molecule has 1 N–H and O–H groups in total. The molecule has 0 bridgehead atoms. The number of hydrogen-bond donors (Lipinski definition) is 1. The van der Waals surface area contributed by atoms with Gasteiger partial charge < -0.3 is 14.8 Å². The van der Waals surface area contributed by atoms with Crippen molar-refractivity contribution in [3.63, 3.8) is 0 Å². The third kappa shape index (κ3) is 4.16. The van der Waals surface area contributed by atoms with E-state index in [2.05, 4.69) is 19.2 Å². The SMILES string of the molecule is CCOc1cc(C(=O)NC(C)C(C)C)ccc1OC. The summed E-state index contributed by atoms with van der Waals surface area (Å²) in [5, 5.41) is 2.97. The Labute approximate surface area is 115 Å². The number of carbonyl (C=O) groups is 1. The van der Waals surface area contributed by atoms with Crippen molar-refractivity contribution < 1.29 is 14.3 Å². The molecular weight excluding hydrogens is 242 g/mol. The van der Waals surface area contributed by atoms with Crippen molar-refractivity contribution in [2.75, 3.05) is 13.7 Å². The Bertz CT molecular complexity index is 429. The van der Waals surface area contributed by atoms with E-state index in [-0.39, 0.29) is 11.9 Å². The predicted molar refractivity (Wildman–Crippen MR) is 75.9 cm³/mol. The molecule has 1 amide bonds. The van der Waals surface area contributed by atoms with E-state index in [1.807, 2.05) is 13.8 Å². The highest BCUT2D eigenvalue weighted by atomic mass is 16.5. The van der Waals surface area contributed by atoms with E-state index in [4.69, 9.17) is 9.47 Å². The fourth-order valence-corrected chi connectivity index (χ4v) is 1.54. The van der Waals surface area contributed by atoms with Gasteiger partial charge in [-0.2, -0.15) is 0 Å². The molecule has 4 heteroatoms. The van der Waals surface area contributed by atoms with E-state index in [1.165, 1.54) is 0 Å². The minimum atomic E-state index is -0.0928. The quantitative estimate of drug-likeness (QED) is 0.860. The molecule has 19 heavy (non-hydrogen) atoms. The lowest BCUT2D eigenvalue weighted by molar-refractivity contribution is 0.0930. The topological polar surface area (TPSA) is 47.6 Å². The predicted octanol–water partition coefficient (Wildman–Crippen LogP) is 2.87. The average Bonchev–Trinajstić information content (AvgIpc) is 2.38. The van der Waals surface area contributed by atoms with E-state index in [1.54, 1.807) is 25.3 Å². The second kappa shape index (κ2) is 7.02. The molecule has 4 nitrogen and oxygen atoms in total. The second-order valence-electron chi connectivity index (χ2n) is 4.80. The monoisotopic (exact) mass is 265 g/mol. The van der Waals surface area contributed by atoms with Gasteiger partial charge in [0.1, 0.15) is 0 Å². The van der Waals surface area contributed by atoms with Gasteiger partial charge in [-0.3, -0.25) is 4.79 Å². The van der Waals surface area contributed by atoms with Gasteiger partial charge in [-0.1, -0.05) is 13.8 Å². The first-order valence-electron chi connectivity index (χ1n) is 6.61. The molecule has 0 aliphatic carbocycles. The van der Waals surface area contributed by atoms with Gasteiger partial charge in [-0.05, 0) is 38.0 Å². The number of benzene rings is 1. The summed E-state index contributed by atoms with van der Waals surface area (Å²) < 4.78 is 10.7. The zero-order valence-corrected chi connectivity index (χ0v) is 12.3. The Morgan fingerprint density at radius 3 is 2.47 bits per heavy atom. The molecule has 0 radical (unpaired) electrons. The van der Waals surface area contributed by atoms with E-state index in [9.17, 15) is 4.79 Å². The molecule has 1 atom stereocenters. The van der Waals surface area contributed by atoms with E-state index in [0.29, 0.717) is 29.6 Å². The number of carbonyl (C=O) groups excluding carboxylic acids is 1. The van der Waals surface area contributed by atoms with Gasteiger partial charge in [0.05, 0.1) is 13.7 Å². The van der Waals surface area contributed by atoms with Gasteiger partial charge in [0, 0.05) is 11.6 Å². The molecule has 1 aromatic carbocycles. The molecule has 0 saturated heterocycles. The molecule has 0 heterocycles. The van der Waals surface area contributed by atoms with Crippen LogP contribution in [-0.4, -0.2) is 25.7 Å². The van der Waals surface area contributed by atoms with Crippen molar-refractivity contribution in [3.05, 3.63) is 23.8 Å². The van der Waals surface area contributed by atoms with Crippen molar-refractivity contribution >= 4 is 5.91 Å². The minimum absolute atomic E-state index is 0.0928. The lowest BCUT2D eigenvalue weighted by Crippen LogP contribution is -2.36. The normalized spacial score (nSPS) is 12.1. The Balaban J connectivity index is 2.88. The van der Waals surface area contributed by atoms with Gasteiger partial charge in [-0.25, -0.2) is 0 Å². The molecule has 1 rings (SSSR count).